The smallest absolute Gasteiger partial charge is 0.248 e. The van der Waals surface area contributed by atoms with Crippen LogP contribution in [0.2, 0.25) is 0 Å². The van der Waals surface area contributed by atoms with Crippen molar-refractivity contribution in [2.45, 2.75) is 32.9 Å². The molecule has 0 radical (unpaired) electrons. The molecule has 0 aliphatic carbocycles. The summed E-state index contributed by atoms with van der Waals surface area (Å²) < 4.78 is 5.24. The Morgan fingerprint density at radius 1 is 1.36 bits per heavy atom. The summed E-state index contributed by atoms with van der Waals surface area (Å²) >= 11 is 0. The van der Waals surface area contributed by atoms with E-state index < -0.39 is 0 Å². The van der Waals surface area contributed by atoms with Crippen molar-refractivity contribution in [1.29, 1.82) is 0 Å². The Labute approximate surface area is 134 Å². The lowest BCUT2D eigenvalue weighted by molar-refractivity contribution is -0.138. The Kier molecular flexibility index (Phi) is 6.40. The number of carbonyl (C=O) groups excluding carboxylic acids is 1. The van der Waals surface area contributed by atoms with Crippen molar-refractivity contribution in [3.05, 3.63) is 35.9 Å². The van der Waals surface area contributed by atoms with Crippen LogP contribution in [0, 0.1) is 5.92 Å². The molecule has 1 aliphatic heterocycles. The minimum atomic E-state index is 0.0928. The van der Waals surface area contributed by atoms with Crippen LogP contribution in [0.5, 0.6) is 0 Å². The van der Waals surface area contributed by atoms with Crippen molar-refractivity contribution in [2.24, 2.45) is 5.92 Å². The Balaban J connectivity index is 1.85. The van der Waals surface area contributed by atoms with E-state index >= 15 is 0 Å². The van der Waals surface area contributed by atoms with Crippen molar-refractivity contribution in [2.75, 3.05) is 33.4 Å². The van der Waals surface area contributed by atoms with Gasteiger partial charge in [-0.15, -0.1) is 0 Å². The molecule has 0 N–H and O–H groups in total. The largest absolute Gasteiger partial charge is 0.372 e. The van der Waals surface area contributed by atoms with Gasteiger partial charge in [0.2, 0.25) is 5.91 Å². The molecular weight excluding hydrogens is 276 g/mol. The number of hydrogen-bond donors (Lipinski definition) is 0. The quantitative estimate of drug-likeness (QED) is 0.809. The lowest BCUT2D eigenvalue weighted by atomic mass is 9.92. The zero-order valence-corrected chi connectivity index (χ0v) is 14.0. The average molecular weight is 304 g/mol. The first kappa shape index (κ1) is 17.0. The molecule has 0 aromatic heterocycles. The monoisotopic (exact) mass is 304 g/mol. The van der Waals surface area contributed by atoms with Gasteiger partial charge >= 0.3 is 0 Å². The molecule has 1 heterocycles. The first-order valence-electron chi connectivity index (χ1n) is 8.21. The topological polar surface area (TPSA) is 32.8 Å². The minimum absolute atomic E-state index is 0.0928. The van der Waals surface area contributed by atoms with E-state index in [1.54, 1.807) is 0 Å². The SMILES string of the molecule is CCOCC(=O)N(C)[C@H]1CCN(Cc2ccccc2)C[C@@H]1C. The van der Waals surface area contributed by atoms with Gasteiger partial charge < -0.3 is 9.64 Å². The van der Waals surface area contributed by atoms with Gasteiger partial charge in [0.1, 0.15) is 6.61 Å². The number of nitrogens with zero attached hydrogens (tertiary/aromatic N) is 2. The highest BCUT2D eigenvalue weighted by atomic mass is 16.5. The Morgan fingerprint density at radius 3 is 2.73 bits per heavy atom. The third kappa shape index (κ3) is 4.55. The van der Waals surface area contributed by atoms with Crippen LogP contribution in [0.4, 0.5) is 0 Å². The van der Waals surface area contributed by atoms with E-state index in [9.17, 15) is 4.79 Å². The van der Waals surface area contributed by atoms with Gasteiger partial charge in [-0.1, -0.05) is 37.3 Å². The van der Waals surface area contributed by atoms with Gasteiger partial charge in [0.05, 0.1) is 0 Å². The standard InChI is InChI=1S/C18H28N2O2/c1-4-22-14-18(21)19(3)17-10-11-20(12-15(17)2)13-16-8-6-5-7-9-16/h5-9,15,17H,4,10-14H2,1-3H3/t15-,17-/m0/s1. The summed E-state index contributed by atoms with van der Waals surface area (Å²) in [6.07, 6.45) is 1.03. The molecule has 4 nitrogen and oxygen atoms in total. The second-order valence-electron chi connectivity index (χ2n) is 6.20. The van der Waals surface area contributed by atoms with E-state index in [-0.39, 0.29) is 12.5 Å². The number of carbonyl (C=O) groups is 1. The summed E-state index contributed by atoms with van der Waals surface area (Å²) in [7, 11) is 1.91. The minimum Gasteiger partial charge on any atom is -0.372 e. The zero-order valence-electron chi connectivity index (χ0n) is 14.0. The predicted octanol–water partition coefficient (Wildman–Crippen LogP) is 2.39. The molecule has 1 aromatic carbocycles. The maximum absolute atomic E-state index is 12.1. The Bertz CT molecular complexity index is 463. The van der Waals surface area contributed by atoms with Gasteiger partial charge in [-0.25, -0.2) is 0 Å². The highest BCUT2D eigenvalue weighted by Crippen LogP contribution is 2.22. The maximum Gasteiger partial charge on any atom is 0.248 e. The number of piperidine rings is 1. The first-order valence-corrected chi connectivity index (χ1v) is 8.21. The summed E-state index contributed by atoms with van der Waals surface area (Å²) in [6.45, 7) is 8.01. The van der Waals surface area contributed by atoms with Crippen LogP contribution in [0.1, 0.15) is 25.8 Å². The molecule has 0 spiro atoms. The van der Waals surface area contributed by atoms with Crippen LogP contribution >= 0.6 is 0 Å². The Morgan fingerprint density at radius 2 is 2.09 bits per heavy atom. The lowest BCUT2D eigenvalue weighted by Gasteiger charge is -2.41. The molecule has 0 saturated carbocycles. The molecule has 1 aliphatic rings. The van der Waals surface area contributed by atoms with Crippen LogP contribution in [0.25, 0.3) is 0 Å². The van der Waals surface area contributed by atoms with Crippen molar-refractivity contribution in [3.8, 4) is 0 Å². The molecular formula is C18H28N2O2. The third-order valence-electron chi connectivity index (χ3n) is 4.51. The summed E-state index contributed by atoms with van der Waals surface area (Å²) in [5.74, 6) is 0.572. The molecule has 4 heteroatoms. The number of benzene rings is 1. The van der Waals surface area contributed by atoms with Gasteiger partial charge in [0.15, 0.2) is 0 Å². The second kappa shape index (κ2) is 8.30. The summed E-state index contributed by atoms with van der Waals surface area (Å²) in [4.78, 5) is 16.5. The molecule has 1 aromatic rings. The molecule has 1 amide bonds. The van der Waals surface area contributed by atoms with Crippen LogP contribution in [-0.4, -0.2) is 55.1 Å². The molecule has 1 fully saturated rings. The predicted molar refractivity (Wildman–Crippen MR) is 88.6 cm³/mol. The van der Waals surface area contributed by atoms with Crippen LogP contribution < -0.4 is 0 Å². The average Bonchev–Trinajstić information content (AvgIpc) is 2.53. The Hall–Kier alpha value is -1.39. The molecule has 22 heavy (non-hydrogen) atoms. The molecule has 2 atom stereocenters. The summed E-state index contributed by atoms with van der Waals surface area (Å²) in [5.41, 5.74) is 1.36. The lowest BCUT2D eigenvalue weighted by Crippen LogP contribution is -2.51. The van der Waals surface area contributed by atoms with Crippen molar-refractivity contribution in [3.63, 3.8) is 0 Å². The van der Waals surface area contributed by atoms with Crippen molar-refractivity contribution >= 4 is 5.91 Å². The van der Waals surface area contributed by atoms with Crippen molar-refractivity contribution in [1.82, 2.24) is 9.80 Å². The van der Waals surface area contributed by atoms with E-state index in [0.717, 1.165) is 26.1 Å². The van der Waals surface area contributed by atoms with E-state index in [2.05, 4.69) is 42.2 Å². The van der Waals surface area contributed by atoms with Crippen LogP contribution in [0.15, 0.2) is 30.3 Å². The van der Waals surface area contributed by atoms with Gasteiger partial charge in [0, 0.05) is 39.3 Å². The first-order chi connectivity index (χ1) is 10.6. The van der Waals surface area contributed by atoms with E-state index in [4.69, 9.17) is 4.74 Å². The van der Waals surface area contributed by atoms with Crippen LogP contribution in [0.3, 0.4) is 0 Å². The molecule has 1 saturated heterocycles. The fourth-order valence-corrected chi connectivity index (χ4v) is 3.26. The number of likely N-dealkylation sites (N-methyl/N-ethyl adjacent to an activating group) is 1. The van der Waals surface area contributed by atoms with Gasteiger partial charge in [-0.2, -0.15) is 0 Å². The van der Waals surface area contributed by atoms with Gasteiger partial charge in [0.25, 0.3) is 0 Å². The third-order valence-corrected chi connectivity index (χ3v) is 4.51. The molecule has 0 bridgehead atoms. The highest BCUT2D eigenvalue weighted by Gasteiger charge is 2.30. The fourth-order valence-electron chi connectivity index (χ4n) is 3.26. The normalized spacial score (nSPS) is 22.5. The number of likely N-dealkylation sites (tertiary alicyclic amines) is 1. The zero-order chi connectivity index (χ0) is 15.9. The van der Waals surface area contributed by atoms with E-state index in [1.807, 2.05) is 18.9 Å². The molecule has 0 unspecified atom stereocenters. The number of amides is 1. The number of rotatable bonds is 6. The fraction of sp³-hybridized carbons (Fsp3) is 0.611. The second-order valence-corrected chi connectivity index (χ2v) is 6.20. The van der Waals surface area contributed by atoms with Gasteiger partial charge in [-0.05, 0) is 24.8 Å². The van der Waals surface area contributed by atoms with E-state index in [0.29, 0.717) is 18.6 Å². The summed E-state index contributed by atoms with van der Waals surface area (Å²) in [5, 5.41) is 0. The number of ether oxygens (including phenoxy) is 1. The van der Waals surface area contributed by atoms with Gasteiger partial charge in [-0.3, -0.25) is 9.69 Å². The van der Waals surface area contributed by atoms with Crippen LogP contribution in [-0.2, 0) is 16.1 Å². The highest BCUT2D eigenvalue weighted by molar-refractivity contribution is 5.77. The maximum atomic E-state index is 12.1. The molecule has 122 valence electrons. The summed E-state index contributed by atoms with van der Waals surface area (Å²) in [6, 6.07) is 10.9. The molecule has 2 rings (SSSR count). The van der Waals surface area contributed by atoms with E-state index in [1.165, 1.54) is 5.56 Å². The number of hydrogen-bond acceptors (Lipinski definition) is 3. The van der Waals surface area contributed by atoms with Crippen molar-refractivity contribution < 1.29 is 9.53 Å².